The van der Waals surface area contributed by atoms with Crippen LogP contribution in [0.2, 0.25) is 0 Å². The molecule has 0 atom stereocenters. The van der Waals surface area contributed by atoms with E-state index in [0.29, 0.717) is 16.0 Å². The molecular weight excluding hydrogens is 475 g/mol. The number of hydrogen-bond acceptors (Lipinski definition) is 9. The normalized spacial score (nSPS) is 13.7. The van der Waals surface area contributed by atoms with Gasteiger partial charge in [-0.15, -0.1) is 21.5 Å². The van der Waals surface area contributed by atoms with E-state index in [-0.39, 0.29) is 44.4 Å². The number of alkyl halides is 3. The molecule has 3 aromatic rings. The largest absolute Gasteiger partial charge is 0.465 e. The van der Waals surface area contributed by atoms with E-state index in [2.05, 4.69) is 25.5 Å². The molecule has 0 fully saturated rings. The van der Waals surface area contributed by atoms with E-state index in [1.165, 1.54) is 11.3 Å². The fourth-order valence-electron chi connectivity index (χ4n) is 3.66. The number of halogens is 3. The molecule has 34 heavy (non-hydrogen) atoms. The molecule has 1 aliphatic heterocycles. The van der Waals surface area contributed by atoms with Gasteiger partial charge in [0.15, 0.2) is 5.82 Å². The third-order valence-corrected chi connectivity index (χ3v) is 6.22. The minimum absolute atomic E-state index is 0.0129. The average molecular weight is 498 g/mol. The third kappa shape index (κ3) is 4.81. The van der Waals surface area contributed by atoms with Crippen molar-refractivity contribution < 1.29 is 27.5 Å². The summed E-state index contributed by atoms with van der Waals surface area (Å²) < 4.78 is 45.5. The number of hydrogen-bond donors (Lipinski definition) is 1. The number of aromatic nitrogens is 5. The molecule has 4 heterocycles. The maximum Gasteiger partial charge on any atom is 0.451 e. The van der Waals surface area contributed by atoms with Crippen LogP contribution in [0.5, 0.6) is 0 Å². The van der Waals surface area contributed by atoms with Gasteiger partial charge in [-0.25, -0.2) is 9.97 Å². The van der Waals surface area contributed by atoms with Gasteiger partial charge in [0.05, 0.1) is 18.5 Å². The first kappa shape index (κ1) is 23.9. The molecule has 4 rings (SSSR count). The molecule has 1 amide bonds. The lowest BCUT2D eigenvalue weighted by Gasteiger charge is -2.29. The molecule has 10 nitrogen and oxygen atoms in total. The van der Waals surface area contributed by atoms with Gasteiger partial charge in [-0.3, -0.25) is 9.59 Å². The maximum absolute atomic E-state index is 13.2. The van der Waals surface area contributed by atoms with Crippen molar-refractivity contribution in [3.05, 3.63) is 28.4 Å². The topological polar surface area (TPSA) is 115 Å². The zero-order valence-corrected chi connectivity index (χ0v) is 19.3. The molecule has 14 heteroatoms. The highest BCUT2D eigenvalue weighted by atomic mass is 32.1. The second-order valence-electron chi connectivity index (χ2n) is 7.55. The quantitative estimate of drug-likeness (QED) is 0.496. The van der Waals surface area contributed by atoms with Gasteiger partial charge in [0.25, 0.3) is 5.91 Å². The minimum atomic E-state index is -4.60. The van der Waals surface area contributed by atoms with Crippen molar-refractivity contribution >= 4 is 39.2 Å². The molecule has 0 unspecified atom stereocenters. The Balaban J connectivity index is 1.67. The number of aryl methyl sites for hydroxylation is 1. The lowest BCUT2D eigenvalue weighted by Crippen LogP contribution is -2.37. The summed E-state index contributed by atoms with van der Waals surface area (Å²) >= 11 is 1.43. The number of anilines is 1. The van der Waals surface area contributed by atoms with Crippen molar-refractivity contribution in [3.63, 3.8) is 0 Å². The van der Waals surface area contributed by atoms with Gasteiger partial charge in [0.2, 0.25) is 11.6 Å². The Bertz CT molecular complexity index is 1220. The summed E-state index contributed by atoms with van der Waals surface area (Å²) in [6.07, 6.45) is -2.87. The van der Waals surface area contributed by atoms with Crippen LogP contribution in [0.4, 0.5) is 19.0 Å². The summed E-state index contributed by atoms with van der Waals surface area (Å²) in [5.41, 5.74) is 0. The van der Waals surface area contributed by atoms with Crippen molar-refractivity contribution in [3.8, 4) is 0 Å². The van der Waals surface area contributed by atoms with E-state index < -0.39 is 23.9 Å². The molecule has 1 N–H and O–H groups in total. The van der Waals surface area contributed by atoms with Gasteiger partial charge in [0.1, 0.15) is 17.2 Å². The second kappa shape index (κ2) is 9.52. The highest BCUT2D eigenvalue weighted by Gasteiger charge is 2.39. The molecule has 0 saturated heterocycles. The third-order valence-electron chi connectivity index (χ3n) is 5.13. The van der Waals surface area contributed by atoms with E-state index in [1.807, 2.05) is 13.0 Å². The van der Waals surface area contributed by atoms with Crippen molar-refractivity contribution in [2.45, 2.75) is 46.0 Å². The molecule has 0 bridgehead atoms. The van der Waals surface area contributed by atoms with Gasteiger partial charge < -0.3 is 19.5 Å². The summed E-state index contributed by atoms with van der Waals surface area (Å²) in [6, 6.07) is 1.94. The molecule has 0 aliphatic carbocycles. The van der Waals surface area contributed by atoms with Gasteiger partial charge >= 0.3 is 12.1 Å². The van der Waals surface area contributed by atoms with Crippen LogP contribution in [0.15, 0.2) is 6.07 Å². The number of amides is 1. The predicted octanol–water partition coefficient (Wildman–Crippen LogP) is 2.57. The van der Waals surface area contributed by atoms with Crippen LogP contribution in [-0.2, 0) is 35.2 Å². The summed E-state index contributed by atoms with van der Waals surface area (Å²) in [7, 11) is 0. The fraction of sp³-hybridized carbons (Fsp3) is 0.500. The van der Waals surface area contributed by atoms with Gasteiger partial charge in [0, 0.05) is 18.0 Å². The van der Waals surface area contributed by atoms with Crippen LogP contribution >= 0.6 is 11.3 Å². The number of thiophene rings is 1. The maximum atomic E-state index is 13.2. The monoisotopic (exact) mass is 497 g/mol. The number of rotatable bonds is 7. The summed E-state index contributed by atoms with van der Waals surface area (Å²) in [5, 5.41) is 10.2. The van der Waals surface area contributed by atoms with E-state index in [4.69, 9.17) is 4.74 Å². The number of nitrogens with zero attached hydrogens (tertiary/aromatic N) is 6. The van der Waals surface area contributed by atoms with Crippen molar-refractivity contribution in [1.82, 2.24) is 30.0 Å². The van der Waals surface area contributed by atoms with Crippen LogP contribution in [-0.4, -0.2) is 56.3 Å². The van der Waals surface area contributed by atoms with Gasteiger partial charge in [-0.1, -0.05) is 13.3 Å². The standard InChI is InChI=1S/C20H22F3N7O3S/c1-3-5-11-8-12-16(29-6-7-30-13(10-29)27-28-19(30)20(21,22)23)25-15(26-18(12)34-11)17(32)24-9-14(31)33-4-2/h8H,3-7,9-10H2,1-2H3,(H,24,32). The molecule has 182 valence electrons. The molecular formula is C20H22F3N7O3S. The van der Waals surface area contributed by atoms with Crippen molar-refractivity contribution in [2.75, 3.05) is 24.6 Å². The number of carbonyl (C=O) groups is 2. The second-order valence-corrected chi connectivity index (χ2v) is 8.67. The zero-order chi connectivity index (χ0) is 24.5. The Morgan fingerprint density at radius 2 is 2.00 bits per heavy atom. The number of carbonyl (C=O) groups excluding carboxylic acids is 2. The number of ether oxygens (including phenoxy) is 1. The SMILES string of the molecule is CCCc1cc2c(N3CCn4c(nnc4C(F)(F)F)C3)nc(C(=O)NCC(=O)OCC)nc2s1. The lowest BCUT2D eigenvalue weighted by molar-refractivity contribution is -0.147. The predicted molar refractivity (Wildman–Crippen MR) is 116 cm³/mol. The Kier molecular flexibility index (Phi) is 6.68. The zero-order valence-electron chi connectivity index (χ0n) is 18.5. The minimum Gasteiger partial charge on any atom is -0.465 e. The molecule has 0 saturated carbocycles. The van der Waals surface area contributed by atoms with Crippen molar-refractivity contribution in [1.29, 1.82) is 0 Å². The first-order chi connectivity index (χ1) is 16.2. The lowest BCUT2D eigenvalue weighted by atomic mass is 10.2. The number of fused-ring (bicyclic) bond motifs is 2. The van der Waals surface area contributed by atoms with E-state index in [1.54, 1.807) is 11.8 Å². The van der Waals surface area contributed by atoms with E-state index in [9.17, 15) is 22.8 Å². The Labute approximate surface area is 196 Å². The summed E-state index contributed by atoms with van der Waals surface area (Å²) in [5.74, 6) is -1.83. The van der Waals surface area contributed by atoms with Crippen molar-refractivity contribution in [2.24, 2.45) is 0 Å². The van der Waals surface area contributed by atoms with E-state index >= 15 is 0 Å². The van der Waals surface area contributed by atoms with Crippen LogP contribution in [0.25, 0.3) is 10.2 Å². The van der Waals surface area contributed by atoms with E-state index in [0.717, 1.165) is 22.3 Å². The summed E-state index contributed by atoms with van der Waals surface area (Å²) in [4.78, 5) is 36.5. The molecule has 0 aromatic carbocycles. The Hall–Kier alpha value is -3.29. The molecule has 3 aromatic heterocycles. The fourth-order valence-corrected chi connectivity index (χ4v) is 4.78. The summed E-state index contributed by atoms with van der Waals surface area (Å²) in [6.45, 7) is 3.82. The van der Waals surface area contributed by atoms with Gasteiger partial charge in [-0.05, 0) is 19.4 Å². The van der Waals surface area contributed by atoms with Crippen LogP contribution < -0.4 is 10.2 Å². The highest BCUT2D eigenvalue weighted by Crippen LogP contribution is 2.34. The Morgan fingerprint density at radius 1 is 1.21 bits per heavy atom. The number of nitrogens with one attached hydrogen (secondary N) is 1. The highest BCUT2D eigenvalue weighted by molar-refractivity contribution is 7.18. The molecule has 0 radical (unpaired) electrons. The molecule has 1 aliphatic rings. The average Bonchev–Trinajstić information content (AvgIpc) is 3.40. The van der Waals surface area contributed by atoms with Crippen LogP contribution in [0.1, 0.15) is 47.4 Å². The smallest absolute Gasteiger partial charge is 0.451 e. The first-order valence-corrected chi connectivity index (χ1v) is 11.5. The van der Waals surface area contributed by atoms with Crippen LogP contribution in [0.3, 0.4) is 0 Å². The first-order valence-electron chi connectivity index (χ1n) is 10.7. The Morgan fingerprint density at radius 3 is 2.71 bits per heavy atom. The number of esters is 1. The van der Waals surface area contributed by atoms with Gasteiger partial charge in [-0.2, -0.15) is 13.2 Å². The van der Waals surface area contributed by atoms with Crippen LogP contribution in [0, 0.1) is 0 Å². The molecule has 0 spiro atoms.